The standard InChI is InChI=1S/C29H36N4O2S/c1-32(19-20-35-27(23-11-5-3-6-12-23)24-13-7-4-8-14-24)17-10-18-33(2)29(34)26-22-36-28(31-26)25-15-9-16-30-21-25/h3-9,11-16,21,26-28,31H,10,17-20,22H2,1-2H3/t26-,28?/m0/s1. The van der Waals surface area contributed by atoms with Gasteiger partial charge in [-0.15, -0.1) is 11.8 Å². The minimum Gasteiger partial charge on any atom is -0.367 e. The lowest BCUT2D eigenvalue weighted by atomic mass is 10.0. The van der Waals surface area contributed by atoms with Gasteiger partial charge < -0.3 is 14.5 Å². The number of nitrogens with zero attached hydrogens (tertiary/aromatic N) is 3. The second-order valence-corrected chi connectivity index (χ2v) is 10.3. The van der Waals surface area contributed by atoms with Crippen molar-refractivity contribution in [2.75, 3.05) is 46.1 Å². The van der Waals surface area contributed by atoms with Gasteiger partial charge in [0.25, 0.3) is 0 Å². The maximum atomic E-state index is 12.9. The lowest BCUT2D eigenvalue weighted by Gasteiger charge is -2.24. The van der Waals surface area contributed by atoms with Crippen LogP contribution >= 0.6 is 11.8 Å². The van der Waals surface area contributed by atoms with E-state index in [-0.39, 0.29) is 23.4 Å². The lowest BCUT2D eigenvalue weighted by molar-refractivity contribution is -0.131. The molecule has 0 spiro atoms. The highest BCUT2D eigenvalue weighted by atomic mass is 32.2. The molecule has 6 nitrogen and oxygen atoms in total. The first-order chi connectivity index (χ1) is 17.6. The molecule has 0 saturated carbocycles. The summed E-state index contributed by atoms with van der Waals surface area (Å²) in [5.41, 5.74) is 3.44. The number of carbonyl (C=O) groups excluding carboxylic acids is 1. The van der Waals surface area contributed by atoms with Gasteiger partial charge in [0.1, 0.15) is 6.10 Å². The maximum absolute atomic E-state index is 12.9. The van der Waals surface area contributed by atoms with Crippen LogP contribution in [0.15, 0.2) is 85.2 Å². The van der Waals surface area contributed by atoms with Crippen LogP contribution in [0, 0.1) is 0 Å². The Hall–Kier alpha value is -2.71. The largest absolute Gasteiger partial charge is 0.367 e. The summed E-state index contributed by atoms with van der Waals surface area (Å²) in [6.45, 7) is 3.12. The first kappa shape index (κ1) is 26.4. The fraction of sp³-hybridized carbons (Fsp3) is 0.379. The summed E-state index contributed by atoms with van der Waals surface area (Å²) in [6, 6.07) is 24.6. The second-order valence-electron chi connectivity index (χ2n) is 9.21. The van der Waals surface area contributed by atoms with Crippen molar-refractivity contribution in [1.82, 2.24) is 20.1 Å². The molecule has 1 fully saturated rings. The van der Waals surface area contributed by atoms with Crippen LogP contribution in [0.1, 0.15) is 34.6 Å². The molecule has 7 heteroatoms. The summed E-state index contributed by atoms with van der Waals surface area (Å²) < 4.78 is 6.34. The van der Waals surface area contributed by atoms with E-state index in [0.29, 0.717) is 6.61 Å². The number of rotatable bonds is 12. The van der Waals surface area contributed by atoms with Crippen LogP contribution in [0.4, 0.5) is 0 Å². The Morgan fingerprint density at radius 1 is 1.00 bits per heavy atom. The monoisotopic (exact) mass is 504 g/mol. The Labute approximate surface area is 219 Å². The summed E-state index contributed by atoms with van der Waals surface area (Å²) in [4.78, 5) is 21.2. The molecule has 0 radical (unpaired) electrons. The average Bonchev–Trinajstić information content (AvgIpc) is 3.42. The number of nitrogens with one attached hydrogen (secondary N) is 1. The van der Waals surface area contributed by atoms with Crippen molar-refractivity contribution in [3.05, 3.63) is 102 Å². The van der Waals surface area contributed by atoms with Crippen molar-refractivity contribution in [3.63, 3.8) is 0 Å². The molecule has 1 saturated heterocycles. The normalized spacial score (nSPS) is 17.6. The fourth-order valence-corrected chi connectivity index (χ4v) is 5.59. The van der Waals surface area contributed by atoms with E-state index in [0.717, 1.165) is 48.5 Å². The molecule has 1 N–H and O–H groups in total. The third-order valence-corrected chi connectivity index (χ3v) is 7.71. The zero-order valence-corrected chi connectivity index (χ0v) is 21.9. The van der Waals surface area contributed by atoms with Crippen LogP contribution in [0.3, 0.4) is 0 Å². The summed E-state index contributed by atoms with van der Waals surface area (Å²) >= 11 is 1.77. The highest BCUT2D eigenvalue weighted by molar-refractivity contribution is 7.99. The summed E-state index contributed by atoms with van der Waals surface area (Å²) in [7, 11) is 4.01. The molecule has 1 aliphatic rings. The molecule has 190 valence electrons. The Kier molecular flexibility index (Phi) is 9.93. The zero-order chi connectivity index (χ0) is 25.2. The van der Waals surface area contributed by atoms with Crippen molar-refractivity contribution in [3.8, 4) is 0 Å². The van der Waals surface area contributed by atoms with Gasteiger partial charge in [-0.25, -0.2) is 0 Å². The molecule has 2 atom stereocenters. The van der Waals surface area contributed by atoms with Crippen LogP contribution in [0.5, 0.6) is 0 Å². The number of ether oxygens (including phenoxy) is 1. The van der Waals surface area contributed by atoms with Crippen molar-refractivity contribution in [2.24, 2.45) is 0 Å². The van der Waals surface area contributed by atoms with Gasteiger partial charge in [-0.3, -0.25) is 15.1 Å². The molecular formula is C29H36N4O2S. The molecular weight excluding hydrogens is 468 g/mol. The van der Waals surface area contributed by atoms with Crippen LogP contribution in [0.2, 0.25) is 0 Å². The Balaban J connectivity index is 1.17. The van der Waals surface area contributed by atoms with E-state index in [1.54, 1.807) is 18.0 Å². The predicted molar refractivity (Wildman–Crippen MR) is 147 cm³/mol. The molecule has 0 aliphatic carbocycles. The van der Waals surface area contributed by atoms with Crippen molar-refractivity contribution < 1.29 is 9.53 Å². The number of thioether (sulfide) groups is 1. The highest BCUT2D eigenvalue weighted by Gasteiger charge is 2.32. The van der Waals surface area contributed by atoms with Crippen LogP contribution in [-0.4, -0.2) is 72.8 Å². The number of likely N-dealkylation sites (N-methyl/N-ethyl adjacent to an activating group) is 2. The molecule has 2 aromatic carbocycles. The van der Waals surface area contributed by atoms with Crippen molar-refractivity contribution in [1.29, 1.82) is 0 Å². The average molecular weight is 505 g/mol. The Bertz CT molecular complexity index is 1020. The molecule has 1 unspecified atom stereocenters. The van der Waals surface area contributed by atoms with E-state index in [1.165, 1.54) is 0 Å². The van der Waals surface area contributed by atoms with Gasteiger partial charge in [-0.1, -0.05) is 66.7 Å². The van der Waals surface area contributed by atoms with E-state index < -0.39 is 0 Å². The highest BCUT2D eigenvalue weighted by Crippen LogP contribution is 2.32. The number of hydrogen-bond donors (Lipinski definition) is 1. The number of hydrogen-bond acceptors (Lipinski definition) is 6. The quantitative estimate of drug-likeness (QED) is 0.395. The van der Waals surface area contributed by atoms with E-state index in [9.17, 15) is 4.79 Å². The summed E-state index contributed by atoms with van der Waals surface area (Å²) in [5.74, 6) is 0.942. The lowest BCUT2D eigenvalue weighted by Crippen LogP contribution is -2.44. The van der Waals surface area contributed by atoms with Gasteiger partial charge in [0.05, 0.1) is 18.0 Å². The second kappa shape index (κ2) is 13.6. The Morgan fingerprint density at radius 3 is 2.33 bits per heavy atom. The molecule has 1 amide bonds. The number of amides is 1. The molecule has 0 bridgehead atoms. The molecule has 2 heterocycles. The van der Waals surface area contributed by atoms with E-state index in [4.69, 9.17) is 4.74 Å². The first-order valence-corrected chi connectivity index (χ1v) is 13.6. The molecule has 4 rings (SSSR count). The molecule has 1 aliphatic heterocycles. The minimum absolute atomic E-state index is 0.0724. The SMILES string of the molecule is CN(CCCN(C)C(=O)[C@@H]1CSC(c2cccnc2)N1)CCOC(c1ccccc1)c1ccccc1. The van der Waals surface area contributed by atoms with E-state index >= 15 is 0 Å². The smallest absolute Gasteiger partial charge is 0.240 e. The number of benzene rings is 2. The maximum Gasteiger partial charge on any atom is 0.240 e. The molecule has 3 aromatic rings. The zero-order valence-electron chi connectivity index (χ0n) is 21.1. The number of aromatic nitrogens is 1. The van der Waals surface area contributed by atoms with Gasteiger partial charge in [-0.2, -0.15) is 0 Å². The third-order valence-electron chi connectivity index (χ3n) is 6.44. The summed E-state index contributed by atoms with van der Waals surface area (Å²) in [5, 5.41) is 3.58. The van der Waals surface area contributed by atoms with Gasteiger partial charge in [0.2, 0.25) is 5.91 Å². The van der Waals surface area contributed by atoms with Gasteiger partial charge in [0, 0.05) is 38.3 Å². The summed E-state index contributed by atoms with van der Waals surface area (Å²) in [6.07, 6.45) is 4.48. The van der Waals surface area contributed by atoms with Crippen LogP contribution < -0.4 is 5.32 Å². The van der Waals surface area contributed by atoms with Gasteiger partial charge in [-0.05, 0) is 42.8 Å². The minimum atomic E-state index is -0.149. The van der Waals surface area contributed by atoms with Crippen molar-refractivity contribution >= 4 is 17.7 Å². The topological polar surface area (TPSA) is 57.7 Å². The number of carbonyl (C=O) groups is 1. The van der Waals surface area contributed by atoms with Crippen molar-refractivity contribution in [2.45, 2.75) is 23.9 Å². The Morgan fingerprint density at radius 2 is 1.69 bits per heavy atom. The van der Waals surface area contributed by atoms with Gasteiger partial charge >= 0.3 is 0 Å². The van der Waals surface area contributed by atoms with E-state index in [2.05, 4.69) is 76.8 Å². The fourth-order valence-electron chi connectivity index (χ4n) is 4.37. The van der Waals surface area contributed by atoms with Gasteiger partial charge in [0.15, 0.2) is 0 Å². The van der Waals surface area contributed by atoms with E-state index in [1.807, 2.05) is 36.3 Å². The predicted octanol–water partition coefficient (Wildman–Crippen LogP) is 4.37. The number of pyridine rings is 1. The molecule has 1 aromatic heterocycles. The first-order valence-electron chi connectivity index (χ1n) is 12.5. The third kappa shape index (κ3) is 7.40. The van der Waals surface area contributed by atoms with Crippen LogP contribution in [-0.2, 0) is 9.53 Å². The molecule has 36 heavy (non-hydrogen) atoms. The van der Waals surface area contributed by atoms with Crippen LogP contribution in [0.25, 0.3) is 0 Å².